The van der Waals surface area contributed by atoms with Crippen molar-refractivity contribution < 1.29 is 14.3 Å². The van der Waals surface area contributed by atoms with Crippen LogP contribution in [0, 0.1) is 17.2 Å². The smallest absolute Gasteiger partial charge is 0.245 e. The van der Waals surface area contributed by atoms with Crippen LogP contribution in [0.25, 0.3) is 6.08 Å². The van der Waals surface area contributed by atoms with Crippen molar-refractivity contribution in [3.63, 3.8) is 0 Å². The Bertz CT molecular complexity index is 618. The van der Waals surface area contributed by atoms with Gasteiger partial charge in [0, 0.05) is 18.2 Å². The Kier molecular flexibility index (Phi) is 8.77. The molecular formula is C18H21ClN2O3. The summed E-state index contributed by atoms with van der Waals surface area (Å²) in [5.74, 6) is -2.49. The number of rotatable bonds is 9. The monoisotopic (exact) mass is 348 g/mol. The third-order valence-corrected chi connectivity index (χ3v) is 3.31. The summed E-state index contributed by atoms with van der Waals surface area (Å²) >= 11 is 5.78. The van der Waals surface area contributed by atoms with Crippen molar-refractivity contribution in [2.45, 2.75) is 26.4 Å². The van der Waals surface area contributed by atoms with Crippen LogP contribution in [0.1, 0.15) is 25.8 Å². The van der Waals surface area contributed by atoms with Crippen LogP contribution in [-0.4, -0.2) is 30.9 Å². The predicted octanol–water partition coefficient (Wildman–Crippen LogP) is 2.99. The summed E-state index contributed by atoms with van der Waals surface area (Å²) in [6, 6.07) is 8.61. The molecule has 0 fully saturated rings. The van der Waals surface area contributed by atoms with Crippen LogP contribution < -0.4 is 5.32 Å². The second-order valence-electron chi connectivity index (χ2n) is 5.41. The van der Waals surface area contributed by atoms with Gasteiger partial charge in [-0.15, -0.1) is 0 Å². The lowest BCUT2D eigenvalue weighted by molar-refractivity contribution is -0.129. The molecule has 0 heterocycles. The maximum absolute atomic E-state index is 12.0. The molecule has 1 aromatic carbocycles. The van der Waals surface area contributed by atoms with Gasteiger partial charge in [0.15, 0.2) is 11.7 Å². The van der Waals surface area contributed by atoms with Gasteiger partial charge in [-0.3, -0.25) is 9.59 Å². The molecular weight excluding hydrogens is 328 g/mol. The molecule has 1 rings (SSSR count). The van der Waals surface area contributed by atoms with Crippen molar-refractivity contribution >= 4 is 29.4 Å². The van der Waals surface area contributed by atoms with Gasteiger partial charge in [-0.2, -0.15) is 5.26 Å². The molecule has 1 aromatic rings. The molecule has 0 spiro atoms. The Labute approximate surface area is 147 Å². The summed E-state index contributed by atoms with van der Waals surface area (Å²) in [6.45, 7) is 4.73. The van der Waals surface area contributed by atoms with E-state index < -0.39 is 17.6 Å². The number of amides is 1. The first-order valence-electron chi connectivity index (χ1n) is 7.70. The Balaban J connectivity index is 2.49. The molecule has 1 unspecified atom stereocenters. The number of benzene rings is 1. The molecule has 0 aliphatic heterocycles. The molecule has 5 nitrogen and oxygen atoms in total. The van der Waals surface area contributed by atoms with Gasteiger partial charge in [-0.25, -0.2) is 0 Å². The number of carbonyl (C=O) groups is 2. The van der Waals surface area contributed by atoms with Crippen LogP contribution >= 0.6 is 11.6 Å². The van der Waals surface area contributed by atoms with E-state index in [4.69, 9.17) is 21.6 Å². The first-order valence-corrected chi connectivity index (χ1v) is 8.08. The zero-order chi connectivity index (χ0) is 17.9. The Morgan fingerprint density at radius 1 is 1.33 bits per heavy atom. The zero-order valence-corrected chi connectivity index (χ0v) is 14.5. The van der Waals surface area contributed by atoms with Crippen LogP contribution in [0.15, 0.2) is 30.3 Å². The molecule has 0 aromatic heterocycles. The van der Waals surface area contributed by atoms with E-state index in [1.807, 2.05) is 13.8 Å². The van der Waals surface area contributed by atoms with Gasteiger partial charge in [0.2, 0.25) is 5.91 Å². The fourth-order valence-electron chi connectivity index (χ4n) is 1.80. The Morgan fingerprint density at radius 2 is 2.00 bits per heavy atom. The minimum absolute atomic E-state index is 0.132. The third-order valence-electron chi connectivity index (χ3n) is 3.06. The van der Waals surface area contributed by atoms with Crippen molar-refractivity contribution in [2.24, 2.45) is 5.92 Å². The number of nitrogens with zero attached hydrogens (tertiary/aromatic N) is 1. The average molecular weight is 349 g/mol. The maximum atomic E-state index is 12.0. The van der Waals surface area contributed by atoms with Crippen molar-refractivity contribution in [1.82, 2.24) is 5.32 Å². The normalized spacial score (nSPS) is 12.1. The number of ketones is 1. The van der Waals surface area contributed by atoms with Crippen molar-refractivity contribution in [3.8, 4) is 6.07 Å². The quantitative estimate of drug-likeness (QED) is 0.422. The first kappa shape index (κ1) is 19.9. The summed E-state index contributed by atoms with van der Waals surface area (Å²) < 4.78 is 5.35. The first-order chi connectivity index (χ1) is 11.4. The van der Waals surface area contributed by atoms with E-state index in [-0.39, 0.29) is 6.10 Å². The predicted molar refractivity (Wildman–Crippen MR) is 93.3 cm³/mol. The van der Waals surface area contributed by atoms with E-state index in [0.29, 0.717) is 24.6 Å². The van der Waals surface area contributed by atoms with Crippen LogP contribution in [0.3, 0.4) is 0 Å². The van der Waals surface area contributed by atoms with Crippen LogP contribution in [0.2, 0.25) is 5.02 Å². The van der Waals surface area contributed by atoms with Gasteiger partial charge in [0.05, 0.1) is 12.2 Å². The molecule has 0 aliphatic rings. The summed E-state index contributed by atoms with van der Waals surface area (Å²) in [6.07, 6.45) is 3.54. The van der Waals surface area contributed by atoms with Gasteiger partial charge in [0.25, 0.3) is 0 Å². The highest BCUT2D eigenvalue weighted by Crippen LogP contribution is 2.11. The number of hydrogen-bond acceptors (Lipinski definition) is 4. The van der Waals surface area contributed by atoms with Crippen molar-refractivity contribution in [3.05, 3.63) is 40.9 Å². The van der Waals surface area contributed by atoms with E-state index in [9.17, 15) is 9.59 Å². The highest BCUT2D eigenvalue weighted by Gasteiger charge is 2.23. The van der Waals surface area contributed by atoms with E-state index in [1.165, 1.54) is 6.08 Å². The van der Waals surface area contributed by atoms with E-state index >= 15 is 0 Å². The molecule has 24 heavy (non-hydrogen) atoms. The van der Waals surface area contributed by atoms with Gasteiger partial charge in [-0.05, 0) is 44.0 Å². The van der Waals surface area contributed by atoms with Gasteiger partial charge in [0.1, 0.15) is 0 Å². The molecule has 0 saturated heterocycles. The highest BCUT2D eigenvalue weighted by molar-refractivity contribution is 6.30. The number of allylic oxidation sites excluding steroid dienone is 1. The number of nitrogens with one attached hydrogen (secondary N) is 1. The third kappa shape index (κ3) is 7.40. The van der Waals surface area contributed by atoms with E-state index in [2.05, 4.69) is 5.32 Å². The Hall–Kier alpha value is -2.16. The van der Waals surface area contributed by atoms with Crippen LogP contribution in [0.5, 0.6) is 0 Å². The molecule has 0 radical (unpaired) electrons. The molecule has 0 bridgehead atoms. The molecule has 0 aliphatic carbocycles. The van der Waals surface area contributed by atoms with Gasteiger partial charge < -0.3 is 10.1 Å². The average Bonchev–Trinajstić information content (AvgIpc) is 2.54. The lowest BCUT2D eigenvalue weighted by Crippen LogP contribution is -2.35. The highest BCUT2D eigenvalue weighted by atomic mass is 35.5. The van der Waals surface area contributed by atoms with Crippen LogP contribution in [0.4, 0.5) is 0 Å². The van der Waals surface area contributed by atoms with Crippen molar-refractivity contribution in [2.75, 3.05) is 13.2 Å². The SMILES string of the molecule is CC(C)OCCCNC(=O)C(C#N)C(=O)/C=C/c1ccc(Cl)cc1. The second kappa shape index (κ2) is 10.6. The summed E-state index contributed by atoms with van der Waals surface area (Å²) in [5, 5.41) is 12.2. The number of carbonyl (C=O) groups excluding carboxylic acids is 2. The Morgan fingerprint density at radius 3 is 2.58 bits per heavy atom. The lowest BCUT2D eigenvalue weighted by Gasteiger charge is -2.09. The summed E-state index contributed by atoms with van der Waals surface area (Å²) in [7, 11) is 0. The molecule has 6 heteroatoms. The molecule has 1 amide bonds. The summed E-state index contributed by atoms with van der Waals surface area (Å²) in [4.78, 5) is 23.9. The standard InChI is InChI=1S/C18H21ClN2O3/c1-13(2)24-11-3-10-21-18(23)16(12-20)17(22)9-6-14-4-7-15(19)8-5-14/h4-9,13,16H,3,10-11H2,1-2H3,(H,21,23)/b9-6+. The largest absolute Gasteiger partial charge is 0.379 e. The maximum Gasteiger partial charge on any atom is 0.245 e. The van der Waals surface area contributed by atoms with Crippen LogP contribution in [-0.2, 0) is 14.3 Å². The van der Waals surface area contributed by atoms with Gasteiger partial charge in [-0.1, -0.05) is 29.8 Å². The lowest BCUT2D eigenvalue weighted by atomic mass is 10.0. The summed E-state index contributed by atoms with van der Waals surface area (Å²) in [5.41, 5.74) is 0.760. The fraction of sp³-hybridized carbons (Fsp3) is 0.389. The number of nitriles is 1. The minimum Gasteiger partial charge on any atom is -0.379 e. The molecule has 0 saturated carbocycles. The minimum atomic E-state index is -1.35. The van der Waals surface area contributed by atoms with E-state index in [1.54, 1.807) is 36.4 Å². The molecule has 1 atom stereocenters. The number of hydrogen-bond donors (Lipinski definition) is 1. The fourth-order valence-corrected chi connectivity index (χ4v) is 1.93. The molecule has 1 N–H and O–H groups in total. The van der Waals surface area contributed by atoms with Crippen molar-refractivity contribution in [1.29, 1.82) is 5.26 Å². The topological polar surface area (TPSA) is 79.2 Å². The number of ether oxygens (including phenoxy) is 1. The van der Waals surface area contributed by atoms with E-state index in [0.717, 1.165) is 5.56 Å². The molecule has 128 valence electrons. The number of halogens is 1. The zero-order valence-electron chi connectivity index (χ0n) is 13.8. The van der Waals surface area contributed by atoms with Gasteiger partial charge >= 0.3 is 0 Å². The second-order valence-corrected chi connectivity index (χ2v) is 5.85.